The monoisotopic (exact) mass is 366 g/mol. The van der Waals surface area contributed by atoms with Gasteiger partial charge >= 0.3 is 5.69 Å². The van der Waals surface area contributed by atoms with Crippen LogP contribution in [0.2, 0.25) is 0 Å². The molecule has 0 radical (unpaired) electrons. The molecule has 134 valence electrons. The molecule has 0 spiro atoms. The first kappa shape index (κ1) is 18.5. The van der Waals surface area contributed by atoms with Crippen molar-refractivity contribution in [2.24, 2.45) is 0 Å². The van der Waals surface area contributed by atoms with Gasteiger partial charge in [-0.1, -0.05) is 19.1 Å². The molecule has 1 aromatic heterocycles. The zero-order valence-electron chi connectivity index (χ0n) is 13.6. The third-order valence-corrected chi connectivity index (χ3v) is 4.85. The van der Waals surface area contributed by atoms with Gasteiger partial charge in [0.05, 0.1) is 11.3 Å². The number of H-pyrrole nitrogens is 2. The van der Waals surface area contributed by atoms with E-state index in [2.05, 4.69) is 15.0 Å². The van der Waals surface area contributed by atoms with Crippen LogP contribution < -0.4 is 21.3 Å². The van der Waals surface area contributed by atoms with Crippen molar-refractivity contribution < 1.29 is 13.2 Å². The number of hydrogen-bond acceptors (Lipinski definition) is 5. The molecule has 4 N–H and O–H groups in total. The van der Waals surface area contributed by atoms with E-state index in [9.17, 15) is 22.8 Å². The molecular formula is C15H18N4O5S. The molecule has 0 saturated carbocycles. The minimum Gasteiger partial charge on any atom is -0.350 e. The smallest absolute Gasteiger partial charge is 0.325 e. The first-order valence-corrected chi connectivity index (χ1v) is 8.97. The van der Waals surface area contributed by atoms with Crippen LogP contribution in [0.3, 0.4) is 0 Å². The lowest BCUT2D eigenvalue weighted by Gasteiger charge is -2.15. The number of carbonyl (C=O) groups is 1. The number of rotatable bonds is 6. The minimum atomic E-state index is -4.29. The number of hydrogen-bond donors (Lipinski definition) is 4. The fourth-order valence-corrected chi connectivity index (χ4v) is 3.06. The number of aromatic amines is 2. The second-order valence-corrected chi connectivity index (χ2v) is 7.02. The van der Waals surface area contributed by atoms with Crippen LogP contribution in [0.15, 0.2) is 44.9 Å². The highest BCUT2D eigenvalue weighted by molar-refractivity contribution is 7.92. The normalized spacial score (nSPS) is 12.4. The average molecular weight is 366 g/mol. The lowest BCUT2D eigenvalue weighted by molar-refractivity contribution is 0.0940. The van der Waals surface area contributed by atoms with Gasteiger partial charge in [-0.2, -0.15) is 0 Å². The molecule has 25 heavy (non-hydrogen) atoms. The number of anilines is 1. The molecule has 1 aromatic carbocycles. The van der Waals surface area contributed by atoms with Gasteiger partial charge in [0, 0.05) is 12.2 Å². The molecule has 0 fully saturated rings. The molecule has 9 nitrogen and oxygen atoms in total. The molecule has 1 atom stereocenters. The highest BCUT2D eigenvalue weighted by Crippen LogP contribution is 2.18. The zero-order valence-corrected chi connectivity index (χ0v) is 14.4. The largest absolute Gasteiger partial charge is 0.350 e. The molecule has 0 aliphatic rings. The van der Waals surface area contributed by atoms with Crippen LogP contribution in [-0.2, 0) is 10.0 Å². The molecule has 0 unspecified atom stereocenters. The topological polar surface area (TPSA) is 141 Å². The fourth-order valence-electron chi connectivity index (χ4n) is 1.97. The summed E-state index contributed by atoms with van der Waals surface area (Å²) < 4.78 is 27.0. The van der Waals surface area contributed by atoms with Crippen molar-refractivity contribution in [2.75, 3.05) is 4.72 Å². The van der Waals surface area contributed by atoms with Crippen LogP contribution in [0.1, 0.15) is 30.6 Å². The summed E-state index contributed by atoms with van der Waals surface area (Å²) in [5.41, 5.74) is -1.74. The third kappa shape index (κ3) is 4.35. The standard InChI is InChI=1S/C15H18N4O5S/c1-3-9(2)17-13(20)10-6-4-5-7-11(10)19-25(23,24)12-8-16-15(22)18-14(12)21/h4-9,19H,3H2,1-2H3,(H,17,20)(H2,16,18,21,22)/t9-/m1/s1. The van der Waals surface area contributed by atoms with E-state index in [1.165, 1.54) is 12.1 Å². The average Bonchev–Trinajstić information content (AvgIpc) is 2.54. The van der Waals surface area contributed by atoms with Gasteiger partial charge in [-0.3, -0.25) is 19.3 Å². The number of nitrogens with one attached hydrogen (secondary N) is 4. The predicted octanol–water partition coefficient (Wildman–Crippen LogP) is 0.392. The van der Waals surface area contributed by atoms with E-state index in [0.717, 1.165) is 6.20 Å². The molecule has 0 saturated heterocycles. The summed E-state index contributed by atoms with van der Waals surface area (Å²) in [7, 11) is -4.29. The van der Waals surface area contributed by atoms with E-state index < -0.39 is 32.1 Å². The molecule has 0 aliphatic carbocycles. The Morgan fingerprint density at radius 1 is 1.24 bits per heavy atom. The molecule has 1 amide bonds. The molecule has 0 bridgehead atoms. The van der Waals surface area contributed by atoms with Crippen molar-refractivity contribution in [1.29, 1.82) is 0 Å². The van der Waals surface area contributed by atoms with Crippen molar-refractivity contribution in [1.82, 2.24) is 15.3 Å². The first-order chi connectivity index (χ1) is 11.7. The maximum atomic E-state index is 12.4. The van der Waals surface area contributed by atoms with E-state index in [4.69, 9.17) is 0 Å². The van der Waals surface area contributed by atoms with Crippen LogP contribution in [0, 0.1) is 0 Å². The number of para-hydroxylation sites is 1. The van der Waals surface area contributed by atoms with E-state index in [1.54, 1.807) is 12.1 Å². The van der Waals surface area contributed by atoms with Gasteiger partial charge in [0.2, 0.25) is 0 Å². The Morgan fingerprint density at radius 3 is 2.56 bits per heavy atom. The molecule has 2 rings (SSSR count). The first-order valence-electron chi connectivity index (χ1n) is 7.49. The van der Waals surface area contributed by atoms with Crippen molar-refractivity contribution in [3.8, 4) is 0 Å². The van der Waals surface area contributed by atoms with Crippen LogP contribution >= 0.6 is 0 Å². The summed E-state index contributed by atoms with van der Waals surface area (Å²) in [6, 6.07) is 5.93. The Hall–Kier alpha value is -2.88. The van der Waals surface area contributed by atoms with Crippen LogP contribution in [0.25, 0.3) is 0 Å². The number of amides is 1. The zero-order chi connectivity index (χ0) is 18.6. The quantitative estimate of drug-likeness (QED) is 0.585. The van der Waals surface area contributed by atoms with Gasteiger partial charge in [-0.15, -0.1) is 0 Å². The van der Waals surface area contributed by atoms with Crippen molar-refractivity contribution in [3.63, 3.8) is 0 Å². The van der Waals surface area contributed by atoms with Crippen molar-refractivity contribution in [3.05, 3.63) is 56.9 Å². The number of benzene rings is 1. The Labute approximate surface area is 143 Å². The third-order valence-electron chi connectivity index (χ3n) is 3.48. The minimum absolute atomic E-state index is 0.0221. The van der Waals surface area contributed by atoms with Gasteiger partial charge in [-0.05, 0) is 25.5 Å². The highest BCUT2D eigenvalue weighted by Gasteiger charge is 2.22. The molecule has 2 aromatic rings. The molecule has 1 heterocycles. The summed E-state index contributed by atoms with van der Waals surface area (Å²) in [6.45, 7) is 3.73. The van der Waals surface area contributed by atoms with Gasteiger partial charge in [0.25, 0.3) is 21.5 Å². The Bertz CT molecular complexity index is 993. The van der Waals surface area contributed by atoms with Gasteiger partial charge in [0.15, 0.2) is 4.90 Å². The van der Waals surface area contributed by atoms with Gasteiger partial charge in [0.1, 0.15) is 0 Å². The summed E-state index contributed by atoms with van der Waals surface area (Å²) in [5.74, 6) is -0.442. The van der Waals surface area contributed by atoms with Gasteiger partial charge in [-0.25, -0.2) is 13.2 Å². The predicted molar refractivity (Wildman–Crippen MR) is 92.2 cm³/mol. The summed E-state index contributed by atoms with van der Waals surface area (Å²) in [6.07, 6.45) is 1.51. The maximum Gasteiger partial charge on any atom is 0.325 e. The maximum absolute atomic E-state index is 12.4. The van der Waals surface area contributed by atoms with E-state index in [-0.39, 0.29) is 17.3 Å². The van der Waals surface area contributed by atoms with E-state index in [0.29, 0.717) is 6.42 Å². The molecule has 10 heteroatoms. The lowest BCUT2D eigenvalue weighted by atomic mass is 10.1. The Balaban J connectivity index is 2.38. The van der Waals surface area contributed by atoms with E-state index in [1.807, 2.05) is 18.8 Å². The number of sulfonamides is 1. The SMILES string of the molecule is CC[C@@H](C)NC(=O)c1ccccc1NS(=O)(=O)c1c[nH]c(=O)[nH]c1=O. The molecular weight excluding hydrogens is 348 g/mol. The van der Waals surface area contributed by atoms with Crippen molar-refractivity contribution >= 4 is 21.6 Å². The fraction of sp³-hybridized carbons (Fsp3) is 0.267. The summed E-state index contributed by atoms with van der Waals surface area (Å²) in [4.78, 5) is 38.3. The highest BCUT2D eigenvalue weighted by atomic mass is 32.2. The lowest BCUT2D eigenvalue weighted by Crippen LogP contribution is -2.33. The Kier molecular flexibility index (Phi) is 5.42. The van der Waals surface area contributed by atoms with E-state index >= 15 is 0 Å². The number of aromatic nitrogens is 2. The van der Waals surface area contributed by atoms with Gasteiger partial charge < -0.3 is 10.3 Å². The van der Waals surface area contributed by atoms with Crippen molar-refractivity contribution in [2.45, 2.75) is 31.2 Å². The van der Waals surface area contributed by atoms with Crippen LogP contribution in [-0.4, -0.2) is 30.3 Å². The second-order valence-electron chi connectivity index (χ2n) is 5.37. The summed E-state index contributed by atoms with van der Waals surface area (Å²) in [5, 5.41) is 2.74. The van der Waals surface area contributed by atoms with Crippen LogP contribution in [0.5, 0.6) is 0 Å². The second kappa shape index (κ2) is 7.34. The van der Waals surface area contributed by atoms with Crippen LogP contribution in [0.4, 0.5) is 5.69 Å². The summed E-state index contributed by atoms with van der Waals surface area (Å²) >= 11 is 0. The molecule has 0 aliphatic heterocycles. The Morgan fingerprint density at radius 2 is 1.92 bits per heavy atom. The number of carbonyl (C=O) groups excluding carboxylic acids is 1.